The number of carbonyl (C=O) groups is 3. The molecule has 7 rings (SSSR count). The molecule has 8 bridgehead atoms. The van der Waals surface area contributed by atoms with Crippen LogP contribution in [0, 0.1) is 44.4 Å². The summed E-state index contributed by atoms with van der Waals surface area (Å²) in [5.41, 5.74) is 11.7. The van der Waals surface area contributed by atoms with E-state index in [1.807, 2.05) is 13.0 Å². The van der Waals surface area contributed by atoms with E-state index < -0.39 is 11.9 Å². The van der Waals surface area contributed by atoms with Gasteiger partial charge in [-0.1, -0.05) is 98.2 Å². The summed E-state index contributed by atoms with van der Waals surface area (Å²) in [7, 11) is 1.31. The van der Waals surface area contributed by atoms with Crippen molar-refractivity contribution in [2.75, 3.05) is 13.7 Å². The Morgan fingerprint density at radius 3 is 2.30 bits per heavy atom. The number of epoxide rings is 1. The minimum atomic E-state index is -1.18. The SMILES string of the molecule is CCc1c2[n-]c(c1C)/C=C1\[N-]/C(=C3\c4[n-]c(c(C)c4C(=O)[C@@H]3C(=O)OC)/C=c3\[n-]/c(c(C)c3CC)=C\2)[C@@H](CCC(=O)[O+]2C[C@H]2/C=C(\C)CCCC(C)C)[C@@H]1C.[Mg+2]. The molecule has 6 heterocycles. The Morgan fingerprint density at radius 1 is 0.929 bits per heavy atom. The van der Waals surface area contributed by atoms with Crippen LogP contribution in [0.25, 0.3) is 29.1 Å². The van der Waals surface area contributed by atoms with Crippen molar-refractivity contribution in [3.63, 3.8) is 0 Å². The summed E-state index contributed by atoms with van der Waals surface area (Å²) in [5, 5.41) is 6.96. The number of methoxy groups -OCH3 is 1. The third-order valence-electron chi connectivity index (χ3n) is 12.3. The topological polar surface area (TPSA) is 120 Å². The third kappa shape index (κ3) is 7.44. The number of ketones is 1. The molecule has 2 saturated heterocycles. The Hall–Kier alpha value is -4.02. The van der Waals surface area contributed by atoms with Gasteiger partial charge in [0, 0.05) is 10.4 Å². The average Bonchev–Trinajstić information content (AvgIpc) is 3.27. The smallest absolute Gasteiger partial charge is 0.664 e. The molecule has 0 aromatic carbocycles. The van der Waals surface area contributed by atoms with Crippen molar-refractivity contribution in [3.05, 3.63) is 95.2 Å². The van der Waals surface area contributed by atoms with Crippen molar-refractivity contribution in [1.29, 1.82) is 0 Å². The van der Waals surface area contributed by atoms with Crippen LogP contribution in [0.3, 0.4) is 0 Å². The Balaban J connectivity index is 0.00000532. The monoisotopic (exact) mass is 767 g/mol. The van der Waals surface area contributed by atoms with Gasteiger partial charge in [-0.25, -0.2) is 0 Å². The first-order valence-corrected chi connectivity index (χ1v) is 20.2. The number of nitrogens with zero attached hydrogens (tertiary/aromatic N) is 4. The molecule has 4 atom stereocenters. The van der Waals surface area contributed by atoms with Crippen LogP contribution >= 0.6 is 0 Å². The van der Waals surface area contributed by atoms with Crippen molar-refractivity contribution < 1.29 is 23.5 Å². The van der Waals surface area contributed by atoms with Crippen LogP contribution in [-0.2, 0) is 31.5 Å². The Bertz CT molecular complexity index is 2300. The maximum Gasteiger partial charge on any atom is 2.00 e. The molecule has 3 aromatic heterocycles. The standard InChI is InChI=1S/C46H56N4O5.Mg/c1-11-30-25(6)33-19-35-27(8)32(16-17-39(51)55-22-29(55)18-24(5)15-13-14-23(3)4)43(49-35)41-42(46(53)54-10)45(52)40-28(9)36(50-44(40)41)21-38-31(12-2)26(7)34(48-38)20-37(30)47-33;/h18-21,23,27,29,32,42H,11-17,22H2,1-10H3,(H-,49,50,52);/q-2;+2/p-1/b24-18+,34-20-,35-19-,38-21-;/t27-,29+,32-,42+;/m0./s1. The van der Waals surface area contributed by atoms with E-state index in [9.17, 15) is 14.4 Å². The Morgan fingerprint density at radius 2 is 1.62 bits per heavy atom. The van der Waals surface area contributed by atoms with Gasteiger partial charge in [-0.2, -0.15) is 11.4 Å². The van der Waals surface area contributed by atoms with Gasteiger partial charge >= 0.3 is 35.0 Å². The molecule has 0 N–H and O–H groups in total. The van der Waals surface area contributed by atoms with Crippen LogP contribution < -0.4 is 25.7 Å². The second kappa shape index (κ2) is 16.4. The second-order valence-electron chi connectivity index (χ2n) is 16.4. The van der Waals surface area contributed by atoms with Crippen molar-refractivity contribution in [2.45, 2.75) is 113 Å². The number of aromatic nitrogens is 3. The van der Waals surface area contributed by atoms with E-state index in [2.05, 4.69) is 78.0 Å². The van der Waals surface area contributed by atoms with Gasteiger partial charge in [-0.15, -0.1) is 33.5 Å². The molecule has 9 nitrogen and oxygen atoms in total. The van der Waals surface area contributed by atoms with E-state index in [4.69, 9.17) is 25.0 Å². The van der Waals surface area contributed by atoms with E-state index in [0.717, 1.165) is 75.7 Å². The molecular formula is C46H55MgN4O5-. The normalized spacial score (nSPS) is 24.6. The van der Waals surface area contributed by atoms with Gasteiger partial charge in [0.25, 0.3) is 0 Å². The van der Waals surface area contributed by atoms with Gasteiger partial charge in [0.2, 0.25) is 6.10 Å². The van der Waals surface area contributed by atoms with E-state index in [1.165, 1.54) is 19.1 Å². The molecular weight excluding hydrogens is 713 g/mol. The number of ether oxygens (including phenoxy) is 1. The molecule has 10 heteroatoms. The van der Waals surface area contributed by atoms with Crippen LogP contribution in [-0.4, -0.2) is 60.6 Å². The molecule has 292 valence electrons. The van der Waals surface area contributed by atoms with Crippen LogP contribution in [0.2, 0.25) is 0 Å². The number of rotatable bonds is 11. The van der Waals surface area contributed by atoms with Gasteiger partial charge < -0.3 is 29.4 Å². The fourth-order valence-electron chi connectivity index (χ4n) is 9.00. The summed E-state index contributed by atoms with van der Waals surface area (Å²) >= 11 is 0. The minimum Gasteiger partial charge on any atom is -0.664 e. The molecule has 56 heavy (non-hydrogen) atoms. The molecule has 3 aliphatic heterocycles. The Labute approximate surface area is 347 Å². The summed E-state index contributed by atoms with van der Waals surface area (Å²) in [6.07, 6.45) is 14.2. The van der Waals surface area contributed by atoms with Gasteiger partial charge in [-0.05, 0) is 83.6 Å². The van der Waals surface area contributed by atoms with E-state index >= 15 is 0 Å². The van der Waals surface area contributed by atoms with Crippen LogP contribution in [0.15, 0.2) is 23.0 Å². The second-order valence-corrected chi connectivity index (χ2v) is 16.4. The number of allylic oxidation sites excluding steroid dienone is 3. The first-order chi connectivity index (χ1) is 26.3. The van der Waals surface area contributed by atoms with Gasteiger partial charge in [-0.3, -0.25) is 9.59 Å². The third-order valence-corrected chi connectivity index (χ3v) is 12.3. The predicted molar refractivity (Wildman–Crippen MR) is 222 cm³/mol. The summed E-state index contributed by atoms with van der Waals surface area (Å²) in [6.45, 7) is 19.8. The Kier molecular flexibility index (Phi) is 12.2. The number of hydrogen-bond donors (Lipinski definition) is 0. The molecule has 0 saturated carbocycles. The molecule has 0 unspecified atom stereocenters. The van der Waals surface area contributed by atoms with Crippen molar-refractivity contribution in [3.8, 4) is 0 Å². The zero-order valence-corrected chi connectivity index (χ0v) is 36.3. The van der Waals surface area contributed by atoms with Crippen molar-refractivity contribution in [2.24, 2.45) is 23.7 Å². The summed E-state index contributed by atoms with van der Waals surface area (Å²) in [6, 6.07) is 0. The molecule has 3 aromatic rings. The molecule has 2 fully saturated rings. The predicted octanol–water partition coefficient (Wildman–Crippen LogP) is 6.59. The number of hydrogen-bond acceptors (Lipinski definition) is 4. The van der Waals surface area contributed by atoms with E-state index in [1.54, 1.807) is 0 Å². The van der Waals surface area contributed by atoms with Gasteiger partial charge in [0.05, 0.1) is 7.11 Å². The van der Waals surface area contributed by atoms with Crippen LogP contribution in [0.5, 0.6) is 0 Å². The quantitative estimate of drug-likeness (QED) is 0.0540. The van der Waals surface area contributed by atoms with Crippen molar-refractivity contribution in [1.82, 2.24) is 15.0 Å². The first-order valence-electron chi connectivity index (χ1n) is 20.2. The maximum atomic E-state index is 14.3. The number of Topliss-reactive ketones (excluding diaryl/α,β-unsaturated/α-hetero) is 1. The molecule has 0 spiro atoms. The largest absolute Gasteiger partial charge is 2.00 e. The summed E-state index contributed by atoms with van der Waals surface area (Å²) in [4.78, 5) is 56.9. The number of fused-ring (bicyclic) bond motifs is 7. The zero-order chi connectivity index (χ0) is 39.5. The summed E-state index contributed by atoms with van der Waals surface area (Å²) in [5.74, 6) is -1.80. The average molecular weight is 768 g/mol. The van der Waals surface area contributed by atoms with E-state index in [0.29, 0.717) is 59.2 Å². The van der Waals surface area contributed by atoms with Crippen LogP contribution in [0.4, 0.5) is 0 Å². The molecule has 0 amide bonds. The molecule has 4 aliphatic rings. The number of esters is 1. The zero-order valence-electron chi connectivity index (χ0n) is 34.9. The van der Waals surface area contributed by atoms with Crippen LogP contribution in [0.1, 0.15) is 135 Å². The first kappa shape index (κ1) is 41.6. The molecule has 0 radical (unpaired) electrons. The van der Waals surface area contributed by atoms with Gasteiger partial charge in [0.1, 0.15) is 12.3 Å². The maximum absolute atomic E-state index is 14.3. The minimum absolute atomic E-state index is 0. The van der Waals surface area contributed by atoms with E-state index in [-0.39, 0.29) is 52.7 Å². The summed E-state index contributed by atoms with van der Waals surface area (Å²) < 4.78 is 8.16. The molecule has 1 aliphatic carbocycles. The van der Waals surface area contributed by atoms with Crippen molar-refractivity contribution >= 4 is 64.6 Å². The number of carbonyl (C=O) groups excluding carboxylic acids is 3. The fourth-order valence-corrected chi connectivity index (χ4v) is 9.00. The van der Waals surface area contributed by atoms with Gasteiger partial charge in [0.15, 0.2) is 12.4 Å². The fraction of sp³-hybridized carbons (Fsp3) is 0.500.